The summed E-state index contributed by atoms with van der Waals surface area (Å²) in [5, 5.41) is 6.83. The topological polar surface area (TPSA) is 91.0 Å². The molecule has 3 fully saturated rings. The van der Waals surface area contributed by atoms with Crippen molar-refractivity contribution in [2.45, 2.75) is 75.7 Å². The number of ether oxygens (including phenoxy) is 1. The summed E-state index contributed by atoms with van der Waals surface area (Å²) in [7, 11) is 2.03. The summed E-state index contributed by atoms with van der Waals surface area (Å²) in [6.07, 6.45) is 10.5. The van der Waals surface area contributed by atoms with Crippen LogP contribution in [0.1, 0.15) is 51.9 Å². The molecule has 5 unspecified atom stereocenters. The summed E-state index contributed by atoms with van der Waals surface area (Å²) in [4.78, 5) is 45.4. The van der Waals surface area contributed by atoms with Crippen LogP contribution in [0.15, 0.2) is 30.4 Å². The predicted octanol–water partition coefficient (Wildman–Crippen LogP) is 4.26. The lowest BCUT2D eigenvalue weighted by Crippen LogP contribution is -2.57. The van der Waals surface area contributed by atoms with E-state index in [1.54, 1.807) is 23.1 Å². The van der Waals surface area contributed by atoms with E-state index >= 15 is 0 Å². The Kier molecular flexibility index (Phi) is 8.57. The average Bonchev–Trinajstić information content (AvgIpc) is 3.56. The van der Waals surface area contributed by atoms with E-state index in [9.17, 15) is 14.4 Å². The van der Waals surface area contributed by atoms with Crippen molar-refractivity contribution in [2.24, 2.45) is 11.8 Å². The molecule has 3 heterocycles. The third-order valence-electron chi connectivity index (χ3n) is 8.68. The van der Waals surface area contributed by atoms with Crippen molar-refractivity contribution in [2.75, 3.05) is 32.0 Å². The number of rotatable bonds is 10. The number of nitrogens with one attached hydrogen (secondary N) is 2. The van der Waals surface area contributed by atoms with E-state index in [1.807, 2.05) is 19.2 Å². The fourth-order valence-electron chi connectivity index (χ4n) is 6.65. The van der Waals surface area contributed by atoms with E-state index in [0.29, 0.717) is 28.8 Å². The fraction of sp³-hybridized carbons (Fsp3) is 0.621. The number of halogens is 2. The number of hydrogen-bond donors (Lipinski definition) is 2. The molecular weight excluding hydrogens is 539 g/mol. The molecular formula is C29H38Cl2N4O4. The Bertz CT molecular complexity index is 1140. The Morgan fingerprint density at radius 3 is 2.62 bits per heavy atom. The molecule has 0 radical (unpaired) electrons. The summed E-state index contributed by atoms with van der Waals surface area (Å²) in [5.74, 6) is -2.27. The monoisotopic (exact) mass is 576 g/mol. The highest BCUT2D eigenvalue weighted by Crippen LogP contribution is 2.55. The molecule has 4 aliphatic rings. The van der Waals surface area contributed by atoms with E-state index in [2.05, 4.69) is 22.5 Å². The van der Waals surface area contributed by atoms with Crippen LogP contribution in [-0.4, -0.2) is 78.0 Å². The Morgan fingerprint density at radius 1 is 1.13 bits per heavy atom. The Hall–Kier alpha value is -2.13. The normalized spacial score (nSPS) is 29.8. The van der Waals surface area contributed by atoms with Gasteiger partial charge in [0.25, 0.3) is 0 Å². The number of likely N-dealkylation sites (N-methyl/N-ethyl adjacent to an activating group) is 1. The molecule has 1 saturated carbocycles. The smallest absolute Gasteiger partial charge is 0.246 e. The third-order valence-corrected chi connectivity index (χ3v) is 9.42. The van der Waals surface area contributed by atoms with Crippen molar-refractivity contribution < 1.29 is 19.1 Å². The second-order valence-electron chi connectivity index (χ2n) is 11.4. The fourth-order valence-corrected chi connectivity index (χ4v) is 6.95. The molecule has 2 bridgehead atoms. The lowest BCUT2D eigenvalue weighted by molar-refractivity contribution is -0.141. The van der Waals surface area contributed by atoms with Crippen LogP contribution in [0.4, 0.5) is 5.69 Å². The zero-order valence-corrected chi connectivity index (χ0v) is 24.1. The van der Waals surface area contributed by atoms with Crippen molar-refractivity contribution >= 4 is 46.6 Å². The molecule has 8 nitrogen and oxygen atoms in total. The molecule has 3 amide bonds. The van der Waals surface area contributed by atoms with Gasteiger partial charge in [0.1, 0.15) is 11.6 Å². The van der Waals surface area contributed by atoms with Crippen LogP contribution in [0.3, 0.4) is 0 Å². The molecule has 3 aliphatic heterocycles. The number of amides is 3. The van der Waals surface area contributed by atoms with E-state index in [1.165, 1.54) is 6.42 Å². The van der Waals surface area contributed by atoms with Crippen molar-refractivity contribution in [1.29, 1.82) is 0 Å². The summed E-state index contributed by atoms with van der Waals surface area (Å²) in [6.45, 7) is 4.09. The molecule has 5 atom stereocenters. The molecule has 1 aromatic carbocycles. The number of unbranched alkanes of at least 4 members (excludes halogenated alkanes) is 1. The van der Waals surface area contributed by atoms with Crippen LogP contribution >= 0.6 is 23.2 Å². The maximum Gasteiger partial charge on any atom is 0.246 e. The molecule has 2 N–H and O–H groups in total. The van der Waals surface area contributed by atoms with E-state index in [-0.39, 0.29) is 23.8 Å². The maximum atomic E-state index is 14.1. The van der Waals surface area contributed by atoms with Gasteiger partial charge in [0.05, 0.1) is 28.0 Å². The molecule has 1 aromatic rings. The van der Waals surface area contributed by atoms with E-state index < -0.39 is 29.6 Å². The van der Waals surface area contributed by atoms with Gasteiger partial charge in [-0.25, -0.2) is 0 Å². The van der Waals surface area contributed by atoms with Gasteiger partial charge in [0.2, 0.25) is 17.7 Å². The van der Waals surface area contributed by atoms with E-state index in [0.717, 1.165) is 45.1 Å². The quantitative estimate of drug-likeness (QED) is 0.406. The largest absolute Gasteiger partial charge is 0.359 e. The van der Waals surface area contributed by atoms with Gasteiger partial charge in [-0.15, -0.1) is 0 Å². The highest BCUT2D eigenvalue weighted by atomic mass is 35.5. The number of benzene rings is 1. The van der Waals surface area contributed by atoms with Gasteiger partial charge in [-0.05, 0) is 51.1 Å². The molecule has 39 heavy (non-hydrogen) atoms. The second kappa shape index (κ2) is 11.8. The lowest BCUT2D eigenvalue weighted by Gasteiger charge is -2.34. The first kappa shape index (κ1) is 28.4. The Balaban J connectivity index is 1.40. The minimum absolute atomic E-state index is 0.0993. The number of fused-ring (bicyclic) bond motifs is 1. The number of carbonyl (C=O) groups is 3. The van der Waals surface area contributed by atoms with Gasteiger partial charge in [-0.1, -0.05) is 68.0 Å². The van der Waals surface area contributed by atoms with Crippen molar-refractivity contribution in [1.82, 2.24) is 15.1 Å². The number of likely N-dealkylation sites (tertiary alicyclic amines) is 1. The summed E-state index contributed by atoms with van der Waals surface area (Å²) in [6, 6.07) is 4.14. The van der Waals surface area contributed by atoms with Gasteiger partial charge in [-0.3, -0.25) is 14.4 Å². The highest BCUT2D eigenvalue weighted by molar-refractivity contribution is 6.42. The first-order valence-corrected chi connectivity index (χ1v) is 14.9. The predicted molar refractivity (Wildman–Crippen MR) is 152 cm³/mol. The summed E-state index contributed by atoms with van der Waals surface area (Å²) in [5.41, 5.74) is -0.677. The van der Waals surface area contributed by atoms with Crippen LogP contribution < -0.4 is 10.6 Å². The van der Waals surface area contributed by atoms with Gasteiger partial charge < -0.3 is 25.2 Å². The molecule has 1 spiro atoms. The molecule has 10 heteroatoms. The maximum absolute atomic E-state index is 14.1. The zero-order valence-electron chi connectivity index (χ0n) is 22.6. The lowest BCUT2D eigenvalue weighted by atomic mass is 9.74. The Labute approximate surface area is 240 Å². The minimum atomic E-state index is -1.16. The average molecular weight is 578 g/mol. The number of hydrogen-bond acceptors (Lipinski definition) is 5. The molecule has 0 aromatic heterocycles. The van der Waals surface area contributed by atoms with Gasteiger partial charge in [0, 0.05) is 24.8 Å². The SMILES string of the molecule is CCCCN(C)CCN1C(=O)C2C(C(=O)Nc3ccc(Cl)c(Cl)c3)C3C=CC2(O3)C1C(=O)NC1CCCCC1. The zero-order chi connectivity index (χ0) is 27.7. The molecule has 1 aliphatic carbocycles. The van der Waals surface area contributed by atoms with Crippen molar-refractivity contribution in [3.8, 4) is 0 Å². The van der Waals surface area contributed by atoms with Gasteiger partial charge >= 0.3 is 0 Å². The van der Waals surface area contributed by atoms with Crippen LogP contribution in [0.5, 0.6) is 0 Å². The number of carbonyl (C=O) groups excluding carboxylic acids is 3. The van der Waals surface area contributed by atoms with Crippen LogP contribution in [0.2, 0.25) is 10.0 Å². The molecule has 2 saturated heterocycles. The Morgan fingerprint density at radius 2 is 1.90 bits per heavy atom. The van der Waals surface area contributed by atoms with Crippen LogP contribution in [-0.2, 0) is 19.1 Å². The minimum Gasteiger partial charge on any atom is -0.359 e. The van der Waals surface area contributed by atoms with E-state index in [4.69, 9.17) is 27.9 Å². The standard InChI is InChI=1S/C29H38Cl2N4O4/c1-3-4-14-34(2)15-16-35-25(27(37)32-18-8-6-5-7-9-18)29-13-12-22(39-29)23(24(29)28(35)38)26(36)33-19-10-11-20(30)21(31)17-19/h10-13,17-18,22-25H,3-9,14-16H2,1-2H3,(H,32,37)(H,33,36). The molecule has 5 rings (SSSR count). The van der Waals surface area contributed by atoms with Crippen molar-refractivity contribution in [3.63, 3.8) is 0 Å². The first-order valence-electron chi connectivity index (χ1n) is 14.2. The summed E-state index contributed by atoms with van der Waals surface area (Å²) < 4.78 is 6.44. The first-order chi connectivity index (χ1) is 18.7. The second-order valence-corrected chi connectivity index (χ2v) is 12.2. The third kappa shape index (κ3) is 5.45. The molecule has 212 valence electrons. The number of anilines is 1. The van der Waals surface area contributed by atoms with Crippen LogP contribution in [0, 0.1) is 11.8 Å². The highest BCUT2D eigenvalue weighted by Gasteiger charge is 2.72. The summed E-state index contributed by atoms with van der Waals surface area (Å²) >= 11 is 12.2. The number of nitrogens with zero attached hydrogens (tertiary/aromatic N) is 2. The van der Waals surface area contributed by atoms with Crippen LogP contribution in [0.25, 0.3) is 0 Å². The van der Waals surface area contributed by atoms with Gasteiger partial charge in [-0.2, -0.15) is 0 Å². The van der Waals surface area contributed by atoms with Crippen molar-refractivity contribution in [3.05, 3.63) is 40.4 Å². The van der Waals surface area contributed by atoms with Gasteiger partial charge in [0.15, 0.2) is 0 Å².